The molecule has 2 atom stereocenters. The normalized spacial score (nSPS) is 27.7. The molecule has 1 rings (SSSR count). The molecule has 18 heavy (non-hydrogen) atoms. The Hall–Kier alpha value is -0.0800. The van der Waals surface area contributed by atoms with Crippen molar-refractivity contribution in [2.24, 2.45) is 11.8 Å². The van der Waals surface area contributed by atoms with Crippen LogP contribution in [0.4, 0.5) is 0 Å². The molecule has 0 aromatic carbocycles. The van der Waals surface area contributed by atoms with E-state index in [4.69, 9.17) is 4.74 Å². The van der Waals surface area contributed by atoms with Crippen molar-refractivity contribution >= 4 is 0 Å². The van der Waals surface area contributed by atoms with Crippen LogP contribution in [-0.2, 0) is 4.74 Å². The fraction of sp³-hybridized carbons (Fsp3) is 1.00. The van der Waals surface area contributed by atoms with Crippen molar-refractivity contribution in [2.45, 2.75) is 85.0 Å². The van der Waals surface area contributed by atoms with Crippen LogP contribution in [0.25, 0.3) is 0 Å². The number of hydrogen-bond acceptors (Lipinski definition) is 2. The molecule has 0 spiro atoms. The highest BCUT2D eigenvalue weighted by molar-refractivity contribution is 4.99. The second kappa shape index (κ2) is 5.92. The van der Waals surface area contributed by atoms with Crippen LogP contribution in [0.2, 0.25) is 0 Å². The molecule has 0 saturated carbocycles. The Balaban J connectivity index is 2.72. The maximum absolute atomic E-state index is 6.24. The van der Waals surface area contributed by atoms with E-state index in [1.807, 2.05) is 0 Å². The van der Waals surface area contributed by atoms with Crippen molar-refractivity contribution < 1.29 is 4.74 Å². The zero-order valence-corrected chi connectivity index (χ0v) is 13.5. The Morgan fingerprint density at radius 1 is 1.17 bits per heavy atom. The Bertz CT molecular complexity index is 258. The third kappa shape index (κ3) is 4.24. The van der Waals surface area contributed by atoms with Crippen LogP contribution in [-0.4, -0.2) is 23.8 Å². The molecule has 1 N–H and O–H groups in total. The van der Waals surface area contributed by atoms with Gasteiger partial charge < -0.3 is 10.1 Å². The lowest BCUT2D eigenvalue weighted by Crippen LogP contribution is -2.44. The zero-order chi connectivity index (χ0) is 14.0. The van der Waals surface area contributed by atoms with Crippen LogP contribution < -0.4 is 5.32 Å². The second-order valence-corrected chi connectivity index (χ2v) is 7.41. The van der Waals surface area contributed by atoms with E-state index in [0.29, 0.717) is 12.0 Å². The maximum atomic E-state index is 6.24. The van der Waals surface area contributed by atoms with Crippen molar-refractivity contribution in [3.05, 3.63) is 0 Å². The molecule has 1 heterocycles. The molecule has 0 amide bonds. The molecule has 2 unspecified atom stereocenters. The van der Waals surface area contributed by atoms with Gasteiger partial charge in [0.2, 0.25) is 0 Å². The van der Waals surface area contributed by atoms with Crippen molar-refractivity contribution in [1.82, 2.24) is 5.32 Å². The van der Waals surface area contributed by atoms with Gasteiger partial charge in [0, 0.05) is 12.0 Å². The molecule has 2 nitrogen and oxygen atoms in total. The first-order valence-electron chi connectivity index (χ1n) is 7.61. The molecule has 2 heteroatoms. The van der Waals surface area contributed by atoms with Gasteiger partial charge in [-0.05, 0) is 59.4 Å². The predicted octanol–water partition coefficient (Wildman–Crippen LogP) is 3.99. The third-order valence-electron chi connectivity index (χ3n) is 4.15. The molecule has 1 fully saturated rings. The molecule has 0 aromatic rings. The van der Waals surface area contributed by atoms with Crippen molar-refractivity contribution in [2.75, 3.05) is 6.54 Å². The van der Waals surface area contributed by atoms with E-state index in [2.05, 4.69) is 53.8 Å². The Morgan fingerprint density at radius 3 is 2.17 bits per heavy atom. The summed E-state index contributed by atoms with van der Waals surface area (Å²) < 4.78 is 6.24. The van der Waals surface area contributed by atoms with E-state index in [1.165, 1.54) is 12.8 Å². The average Bonchev–Trinajstić information content (AvgIpc) is 2.41. The monoisotopic (exact) mass is 255 g/mol. The summed E-state index contributed by atoms with van der Waals surface area (Å²) in [4.78, 5) is 0. The van der Waals surface area contributed by atoms with Gasteiger partial charge in [-0.15, -0.1) is 0 Å². The van der Waals surface area contributed by atoms with Gasteiger partial charge in [0.25, 0.3) is 0 Å². The smallest absolute Gasteiger partial charge is 0.0677 e. The topological polar surface area (TPSA) is 21.3 Å². The quantitative estimate of drug-likeness (QED) is 0.774. The van der Waals surface area contributed by atoms with Crippen LogP contribution in [0.1, 0.15) is 67.7 Å². The zero-order valence-electron chi connectivity index (χ0n) is 13.5. The molecular weight excluding hydrogens is 222 g/mol. The van der Waals surface area contributed by atoms with Gasteiger partial charge in [-0.3, -0.25) is 0 Å². The molecule has 0 bridgehead atoms. The number of rotatable bonds is 6. The van der Waals surface area contributed by atoms with Gasteiger partial charge in [0.1, 0.15) is 0 Å². The molecule has 1 saturated heterocycles. The number of ether oxygens (including phenoxy) is 1. The summed E-state index contributed by atoms with van der Waals surface area (Å²) in [5.41, 5.74) is 0.0208. The van der Waals surface area contributed by atoms with Crippen LogP contribution >= 0.6 is 0 Å². The van der Waals surface area contributed by atoms with E-state index in [0.717, 1.165) is 18.9 Å². The molecule has 0 aromatic heterocycles. The summed E-state index contributed by atoms with van der Waals surface area (Å²) in [5, 5.41) is 3.69. The van der Waals surface area contributed by atoms with Gasteiger partial charge in [-0.25, -0.2) is 0 Å². The maximum Gasteiger partial charge on any atom is 0.0677 e. The highest BCUT2D eigenvalue weighted by Gasteiger charge is 2.48. The van der Waals surface area contributed by atoms with E-state index in [1.54, 1.807) is 0 Å². The second-order valence-electron chi connectivity index (χ2n) is 7.41. The van der Waals surface area contributed by atoms with E-state index >= 15 is 0 Å². The Kier molecular flexibility index (Phi) is 5.25. The van der Waals surface area contributed by atoms with Gasteiger partial charge >= 0.3 is 0 Å². The number of hydrogen-bond donors (Lipinski definition) is 1. The van der Waals surface area contributed by atoms with E-state index in [-0.39, 0.29) is 11.2 Å². The molecular formula is C16H33NO. The Morgan fingerprint density at radius 2 is 1.78 bits per heavy atom. The molecule has 1 aliphatic heterocycles. The fourth-order valence-electron chi connectivity index (χ4n) is 3.45. The SMILES string of the molecule is CCNC(CCC(C)C)C1CC(C)(C)OC1(C)C. The standard InChI is InChI=1S/C16H33NO/c1-8-17-14(10-9-12(2)3)13-11-15(4,5)18-16(13,6)7/h12-14,17H,8-11H2,1-7H3. The van der Waals surface area contributed by atoms with E-state index in [9.17, 15) is 0 Å². The van der Waals surface area contributed by atoms with Gasteiger partial charge in [-0.2, -0.15) is 0 Å². The van der Waals surface area contributed by atoms with Crippen molar-refractivity contribution in [1.29, 1.82) is 0 Å². The first kappa shape index (κ1) is 16.0. The van der Waals surface area contributed by atoms with Gasteiger partial charge in [0.05, 0.1) is 11.2 Å². The van der Waals surface area contributed by atoms with Crippen LogP contribution in [0.3, 0.4) is 0 Å². The summed E-state index contributed by atoms with van der Waals surface area (Å²) in [5.74, 6) is 1.40. The lowest BCUT2D eigenvalue weighted by Gasteiger charge is -2.34. The highest BCUT2D eigenvalue weighted by atomic mass is 16.5. The van der Waals surface area contributed by atoms with Crippen LogP contribution in [0.15, 0.2) is 0 Å². The van der Waals surface area contributed by atoms with Crippen molar-refractivity contribution in [3.63, 3.8) is 0 Å². The first-order valence-corrected chi connectivity index (χ1v) is 7.61. The lowest BCUT2D eigenvalue weighted by atomic mass is 9.79. The summed E-state index contributed by atoms with van der Waals surface area (Å²) in [6.07, 6.45) is 3.72. The first-order chi connectivity index (χ1) is 8.18. The Labute approximate surface area is 114 Å². The molecule has 0 aliphatic carbocycles. The summed E-state index contributed by atoms with van der Waals surface area (Å²) in [6, 6.07) is 0.592. The minimum absolute atomic E-state index is 0.00663. The lowest BCUT2D eigenvalue weighted by molar-refractivity contribution is -0.0779. The fourth-order valence-corrected chi connectivity index (χ4v) is 3.45. The van der Waals surface area contributed by atoms with Crippen LogP contribution in [0, 0.1) is 11.8 Å². The molecule has 1 aliphatic rings. The third-order valence-corrected chi connectivity index (χ3v) is 4.15. The van der Waals surface area contributed by atoms with Crippen molar-refractivity contribution in [3.8, 4) is 0 Å². The average molecular weight is 255 g/mol. The predicted molar refractivity (Wildman–Crippen MR) is 78.9 cm³/mol. The largest absolute Gasteiger partial charge is 0.369 e. The summed E-state index contributed by atoms with van der Waals surface area (Å²) in [7, 11) is 0. The van der Waals surface area contributed by atoms with Gasteiger partial charge in [-0.1, -0.05) is 20.8 Å². The minimum Gasteiger partial charge on any atom is -0.369 e. The molecule has 108 valence electrons. The van der Waals surface area contributed by atoms with Gasteiger partial charge in [0.15, 0.2) is 0 Å². The number of nitrogens with one attached hydrogen (secondary N) is 1. The summed E-state index contributed by atoms with van der Waals surface area (Å²) >= 11 is 0. The molecule has 0 radical (unpaired) electrons. The highest BCUT2D eigenvalue weighted by Crippen LogP contribution is 2.44. The summed E-state index contributed by atoms with van der Waals surface area (Å²) in [6.45, 7) is 16.8. The minimum atomic E-state index is -0.00663. The van der Waals surface area contributed by atoms with Crippen LogP contribution in [0.5, 0.6) is 0 Å². The van der Waals surface area contributed by atoms with E-state index < -0.39 is 0 Å².